The van der Waals surface area contributed by atoms with Crippen molar-refractivity contribution >= 4 is 0 Å². The van der Waals surface area contributed by atoms with Crippen molar-refractivity contribution in [2.75, 3.05) is 26.2 Å². The average molecular weight is 242 g/mol. The summed E-state index contributed by atoms with van der Waals surface area (Å²) in [5, 5.41) is 0. The Hall–Kier alpha value is -0.120. The zero-order chi connectivity index (χ0) is 12.9. The third-order valence-corrected chi connectivity index (χ3v) is 4.13. The Bertz CT molecular complexity index is 224. The van der Waals surface area contributed by atoms with Gasteiger partial charge in [-0.05, 0) is 26.7 Å². The molecule has 1 rings (SSSR count). The number of hydrogen-bond acceptors (Lipinski definition) is 3. The first-order valence-electron chi connectivity index (χ1n) is 7.09. The first-order chi connectivity index (χ1) is 7.99. The van der Waals surface area contributed by atoms with Gasteiger partial charge in [0.2, 0.25) is 0 Å². The lowest BCUT2D eigenvalue weighted by molar-refractivity contribution is -0.118. The first kappa shape index (κ1) is 14.9. The van der Waals surface area contributed by atoms with Crippen molar-refractivity contribution in [3.05, 3.63) is 0 Å². The van der Waals surface area contributed by atoms with Gasteiger partial charge in [-0.3, -0.25) is 4.90 Å². The summed E-state index contributed by atoms with van der Waals surface area (Å²) < 4.78 is 5.80. The van der Waals surface area contributed by atoms with Crippen molar-refractivity contribution in [3.63, 3.8) is 0 Å². The van der Waals surface area contributed by atoms with Gasteiger partial charge in [0.15, 0.2) is 0 Å². The average Bonchev–Trinajstić information content (AvgIpc) is 2.30. The van der Waals surface area contributed by atoms with E-state index in [2.05, 4.69) is 32.6 Å². The number of unbranched alkanes of at least 4 members (excludes halogenated alkanes) is 1. The molecule has 2 N–H and O–H groups in total. The molecule has 0 aromatic rings. The molecule has 1 heterocycles. The van der Waals surface area contributed by atoms with Gasteiger partial charge in [-0.15, -0.1) is 0 Å². The van der Waals surface area contributed by atoms with E-state index in [1.54, 1.807) is 0 Å². The molecule has 0 aliphatic carbocycles. The fourth-order valence-corrected chi connectivity index (χ4v) is 2.86. The van der Waals surface area contributed by atoms with E-state index >= 15 is 0 Å². The number of hydrogen-bond donors (Lipinski definition) is 1. The zero-order valence-corrected chi connectivity index (χ0v) is 12.1. The predicted molar refractivity (Wildman–Crippen MR) is 73.2 cm³/mol. The third-order valence-electron chi connectivity index (χ3n) is 4.13. The van der Waals surface area contributed by atoms with E-state index in [4.69, 9.17) is 10.5 Å². The summed E-state index contributed by atoms with van der Waals surface area (Å²) >= 11 is 0. The van der Waals surface area contributed by atoms with Crippen molar-refractivity contribution in [3.8, 4) is 0 Å². The molecule has 0 aromatic heterocycles. The molecule has 1 atom stereocenters. The van der Waals surface area contributed by atoms with Gasteiger partial charge in [-0.1, -0.05) is 26.7 Å². The lowest BCUT2D eigenvalue weighted by atomic mass is 9.86. The molecule has 0 radical (unpaired) electrons. The van der Waals surface area contributed by atoms with E-state index in [0.29, 0.717) is 0 Å². The summed E-state index contributed by atoms with van der Waals surface area (Å²) in [6.45, 7) is 12.5. The smallest absolute Gasteiger partial charge is 0.0753 e. The third kappa shape index (κ3) is 3.67. The first-order valence-corrected chi connectivity index (χ1v) is 7.09. The van der Waals surface area contributed by atoms with Gasteiger partial charge < -0.3 is 10.5 Å². The lowest BCUT2D eigenvalue weighted by Crippen LogP contribution is -2.61. The molecule has 1 fully saturated rings. The molecule has 17 heavy (non-hydrogen) atoms. The van der Waals surface area contributed by atoms with Gasteiger partial charge >= 0.3 is 0 Å². The van der Waals surface area contributed by atoms with E-state index in [-0.39, 0.29) is 11.1 Å². The molecular formula is C14H30N2O. The minimum atomic E-state index is -0.0277. The second-order valence-electron chi connectivity index (χ2n) is 5.92. The van der Waals surface area contributed by atoms with E-state index < -0.39 is 0 Å². The molecule has 3 heteroatoms. The van der Waals surface area contributed by atoms with Crippen LogP contribution in [0.4, 0.5) is 0 Å². The molecular weight excluding hydrogens is 212 g/mol. The second-order valence-corrected chi connectivity index (χ2v) is 5.92. The highest BCUT2D eigenvalue weighted by Crippen LogP contribution is 2.30. The summed E-state index contributed by atoms with van der Waals surface area (Å²) in [6.07, 6.45) is 4.87. The van der Waals surface area contributed by atoms with E-state index in [0.717, 1.165) is 32.7 Å². The topological polar surface area (TPSA) is 38.5 Å². The van der Waals surface area contributed by atoms with E-state index in [1.807, 2.05) is 0 Å². The molecule has 1 saturated heterocycles. The maximum Gasteiger partial charge on any atom is 0.0753 e. The second kappa shape index (κ2) is 6.17. The fraction of sp³-hybridized carbons (Fsp3) is 1.00. The van der Waals surface area contributed by atoms with Crippen molar-refractivity contribution in [1.29, 1.82) is 0 Å². The van der Waals surface area contributed by atoms with Gasteiger partial charge in [0.1, 0.15) is 0 Å². The number of morpholine rings is 1. The number of nitrogens with two attached hydrogens (primary N) is 1. The van der Waals surface area contributed by atoms with Crippen LogP contribution in [0.1, 0.15) is 53.4 Å². The molecule has 0 saturated carbocycles. The van der Waals surface area contributed by atoms with E-state index in [1.165, 1.54) is 19.3 Å². The minimum Gasteiger partial charge on any atom is -0.373 e. The van der Waals surface area contributed by atoms with E-state index in [9.17, 15) is 0 Å². The molecule has 1 aliphatic heterocycles. The van der Waals surface area contributed by atoms with Crippen molar-refractivity contribution in [2.24, 2.45) is 5.73 Å². The Morgan fingerprint density at radius 1 is 1.35 bits per heavy atom. The van der Waals surface area contributed by atoms with Crippen LogP contribution in [0, 0.1) is 0 Å². The lowest BCUT2D eigenvalue weighted by Gasteiger charge is -2.49. The van der Waals surface area contributed by atoms with Crippen LogP contribution >= 0.6 is 0 Å². The summed E-state index contributed by atoms with van der Waals surface area (Å²) in [5.41, 5.74) is 6.26. The highest BCUT2D eigenvalue weighted by atomic mass is 16.5. The Morgan fingerprint density at radius 3 is 2.53 bits per heavy atom. The summed E-state index contributed by atoms with van der Waals surface area (Å²) in [6, 6.07) is 0. The molecule has 102 valence electrons. The highest BCUT2D eigenvalue weighted by molar-refractivity contribution is 4.95. The summed E-state index contributed by atoms with van der Waals surface area (Å²) in [7, 11) is 0. The maximum absolute atomic E-state index is 6.10. The molecule has 0 bridgehead atoms. The number of rotatable bonds is 6. The van der Waals surface area contributed by atoms with Crippen LogP contribution in [0.2, 0.25) is 0 Å². The molecule has 0 spiro atoms. The quantitative estimate of drug-likeness (QED) is 0.777. The minimum absolute atomic E-state index is 0.0277. The van der Waals surface area contributed by atoms with Gasteiger partial charge in [-0.25, -0.2) is 0 Å². The normalized spacial score (nSPS) is 24.5. The SMILES string of the molecule is CCCCC(CC)(CN)N1CCOC(C)(C)C1. The molecule has 1 aliphatic rings. The fourth-order valence-electron chi connectivity index (χ4n) is 2.86. The highest BCUT2D eigenvalue weighted by Gasteiger charge is 2.39. The van der Waals surface area contributed by atoms with Crippen LogP contribution in [0.25, 0.3) is 0 Å². The van der Waals surface area contributed by atoms with Crippen LogP contribution in [0.15, 0.2) is 0 Å². The number of ether oxygens (including phenoxy) is 1. The van der Waals surface area contributed by atoms with Gasteiger partial charge in [-0.2, -0.15) is 0 Å². The molecule has 0 aromatic carbocycles. The standard InChI is InChI=1S/C14H30N2O/c1-5-7-8-14(6-2,11-15)16-9-10-17-13(3,4)12-16/h5-12,15H2,1-4H3. The van der Waals surface area contributed by atoms with Crippen LogP contribution in [0.3, 0.4) is 0 Å². The molecule has 0 amide bonds. The largest absolute Gasteiger partial charge is 0.373 e. The zero-order valence-electron chi connectivity index (χ0n) is 12.1. The molecule has 1 unspecified atom stereocenters. The van der Waals surface area contributed by atoms with Crippen LogP contribution in [0.5, 0.6) is 0 Å². The van der Waals surface area contributed by atoms with Crippen molar-refractivity contribution in [2.45, 2.75) is 64.5 Å². The Balaban J connectivity index is 2.74. The summed E-state index contributed by atoms with van der Waals surface area (Å²) in [5.74, 6) is 0. The maximum atomic E-state index is 6.10. The van der Waals surface area contributed by atoms with Crippen LogP contribution in [-0.2, 0) is 4.74 Å². The van der Waals surface area contributed by atoms with Crippen LogP contribution < -0.4 is 5.73 Å². The van der Waals surface area contributed by atoms with Crippen LogP contribution in [-0.4, -0.2) is 42.3 Å². The Kier molecular flexibility index (Phi) is 5.42. The van der Waals surface area contributed by atoms with Crippen molar-refractivity contribution in [1.82, 2.24) is 4.90 Å². The molecule has 3 nitrogen and oxygen atoms in total. The summed E-state index contributed by atoms with van der Waals surface area (Å²) in [4.78, 5) is 2.58. The Morgan fingerprint density at radius 2 is 2.06 bits per heavy atom. The van der Waals surface area contributed by atoms with Gasteiger partial charge in [0, 0.05) is 25.2 Å². The van der Waals surface area contributed by atoms with Gasteiger partial charge in [0.05, 0.1) is 12.2 Å². The predicted octanol–water partition coefficient (Wildman–Crippen LogP) is 2.39. The number of nitrogens with zero attached hydrogens (tertiary/aromatic N) is 1. The van der Waals surface area contributed by atoms with Crippen molar-refractivity contribution < 1.29 is 4.74 Å². The Labute approximate surface area is 107 Å². The van der Waals surface area contributed by atoms with Gasteiger partial charge in [0.25, 0.3) is 0 Å². The monoisotopic (exact) mass is 242 g/mol.